The van der Waals surface area contributed by atoms with Crippen LogP contribution in [0.25, 0.3) is 0 Å². The molecule has 0 aliphatic carbocycles. The van der Waals surface area contributed by atoms with Gasteiger partial charge in [-0.1, -0.05) is 30.3 Å². The van der Waals surface area contributed by atoms with E-state index in [1.807, 2.05) is 18.2 Å². The molecule has 0 bridgehead atoms. The van der Waals surface area contributed by atoms with Gasteiger partial charge < -0.3 is 14.8 Å². The molecule has 1 fully saturated rings. The third-order valence-corrected chi connectivity index (χ3v) is 4.29. The van der Waals surface area contributed by atoms with Crippen LogP contribution in [-0.2, 0) is 4.74 Å². The van der Waals surface area contributed by atoms with Gasteiger partial charge in [0.25, 0.3) is 0 Å². The number of nitrogens with zero attached hydrogens (tertiary/aromatic N) is 1. The van der Waals surface area contributed by atoms with Gasteiger partial charge in [0.1, 0.15) is 0 Å². The molecule has 0 spiro atoms. The Morgan fingerprint density at radius 2 is 2.08 bits per heavy atom. The monoisotopic (exact) mass is 328 g/mol. The van der Waals surface area contributed by atoms with Gasteiger partial charge in [0, 0.05) is 36.9 Å². The van der Waals surface area contributed by atoms with Crippen LogP contribution in [-0.4, -0.2) is 25.2 Å². The summed E-state index contributed by atoms with van der Waals surface area (Å²) in [5.41, 5.74) is 1.95. The summed E-state index contributed by atoms with van der Waals surface area (Å²) in [6, 6.07) is 15.0. The van der Waals surface area contributed by atoms with Gasteiger partial charge >= 0.3 is 5.69 Å². The first-order valence-electron chi connectivity index (χ1n) is 7.92. The van der Waals surface area contributed by atoms with Gasteiger partial charge in [-0.3, -0.25) is 10.1 Å². The lowest BCUT2D eigenvalue weighted by atomic mass is 9.95. The van der Waals surface area contributed by atoms with Crippen LogP contribution in [0, 0.1) is 16.0 Å². The van der Waals surface area contributed by atoms with Crippen molar-refractivity contribution in [1.29, 1.82) is 0 Å². The fourth-order valence-electron chi connectivity index (χ4n) is 3.04. The van der Waals surface area contributed by atoms with Gasteiger partial charge in [-0.15, -0.1) is 0 Å². The van der Waals surface area contributed by atoms with Crippen LogP contribution >= 0.6 is 0 Å². The summed E-state index contributed by atoms with van der Waals surface area (Å²) in [7, 11) is 1.43. The van der Waals surface area contributed by atoms with Crippen LogP contribution in [0.2, 0.25) is 0 Å². The number of benzene rings is 2. The number of rotatable bonds is 6. The number of nitro groups is 1. The minimum atomic E-state index is -0.446. The molecule has 6 heteroatoms. The lowest BCUT2D eigenvalue weighted by molar-refractivity contribution is -0.385. The Morgan fingerprint density at radius 1 is 1.29 bits per heavy atom. The molecule has 0 saturated carbocycles. The molecule has 2 unspecified atom stereocenters. The fourth-order valence-corrected chi connectivity index (χ4v) is 3.04. The number of nitro benzene ring substituents is 1. The lowest BCUT2D eigenvalue weighted by Gasteiger charge is -2.20. The average molecular weight is 328 g/mol. The molecule has 0 aromatic heterocycles. The van der Waals surface area contributed by atoms with Crippen molar-refractivity contribution in [2.75, 3.05) is 25.6 Å². The van der Waals surface area contributed by atoms with Gasteiger partial charge in [0.05, 0.1) is 18.1 Å². The smallest absolute Gasteiger partial charge is 0.311 e. The van der Waals surface area contributed by atoms with Crippen molar-refractivity contribution in [3.05, 3.63) is 64.2 Å². The summed E-state index contributed by atoms with van der Waals surface area (Å²) < 4.78 is 11.0. The van der Waals surface area contributed by atoms with Crippen molar-refractivity contribution < 1.29 is 14.4 Å². The minimum absolute atomic E-state index is 0.0330. The maximum atomic E-state index is 10.9. The largest absolute Gasteiger partial charge is 0.490 e. The molecule has 1 aliphatic rings. The highest BCUT2D eigenvalue weighted by atomic mass is 16.6. The van der Waals surface area contributed by atoms with E-state index in [-0.39, 0.29) is 17.5 Å². The second-order valence-corrected chi connectivity index (χ2v) is 5.78. The van der Waals surface area contributed by atoms with Crippen molar-refractivity contribution in [2.24, 2.45) is 5.92 Å². The number of hydrogen-bond acceptors (Lipinski definition) is 5. The van der Waals surface area contributed by atoms with Gasteiger partial charge in [-0.2, -0.15) is 0 Å². The highest BCUT2D eigenvalue weighted by Crippen LogP contribution is 2.35. The lowest BCUT2D eigenvalue weighted by Crippen LogP contribution is -2.18. The second kappa shape index (κ2) is 7.31. The molecule has 1 N–H and O–H groups in total. The van der Waals surface area contributed by atoms with Crippen molar-refractivity contribution >= 4 is 11.4 Å². The first-order valence-corrected chi connectivity index (χ1v) is 7.92. The van der Waals surface area contributed by atoms with Gasteiger partial charge in [-0.05, 0) is 18.1 Å². The highest BCUT2D eigenvalue weighted by molar-refractivity contribution is 5.58. The summed E-state index contributed by atoms with van der Waals surface area (Å²) in [5, 5.41) is 14.3. The Labute approximate surface area is 140 Å². The molecule has 1 aliphatic heterocycles. The maximum Gasteiger partial charge on any atom is 0.311 e. The average Bonchev–Trinajstić information content (AvgIpc) is 3.09. The Morgan fingerprint density at radius 3 is 2.79 bits per heavy atom. The topological polar surface area (TPSA) is 73.6 Å². The van der Waals surface area contributed by atoms with E-state index in [1.54, 1.807) is 12.1 Å². The molecule has 2 aromatic rings. The zero-order chi connectivity index (χ0) is 16.9. The highest BCUT2D eigenvalue weighted by Gasteiger charge is 2.29. The predicted molar refractivity (Wildman–Crippen MR) is 91.4 cm³/mol. The van der Waals surface area contributed by atoms with E-state index in [2.05, 4.69) is 17.4 Å². The number of ether oxygens (including phenoxy) is 2. The molecule has 1 saturated heterocycles. The van der Waals surface area contributed by atoms with E-state index in [9.17, 15) is 10.1 Å². The molecule has 2 atom stereocenters. The molecule has 0 radical (unpaired) electrons. The number of hydrogen-bond donors (Lipinski definition) is 1. The normalized spacial score (nSPS) is 19.9. The van der Waals surface area contributed by atoms with Gasteiger partial charge in [0.2, 0.25) is 0 Å². The summed E-state index contributed by atoms with van der Waals surface area (Å²) in [6.45, 7) is 1.48. The summed E-state index contributed by atoms with van der Waals surface area (Å²) in [4.78, 5) is 10.5. The molecule has 6 nitrogen and oxygen atoms in total. The summed E-state index contributed by atoms with van der Waals surface area (Å²) in [6.07, 6.45) is 1.06. The molecular weight excluding hydrogens is 308 g/mol. The van der Waals surface area contributed by atoms with Gasteiger partial charge in [0.15, 0.2) is 5.75 Å². The van der Waals surface area contributed by atoms with E-state index in [0.717, 1.165) is 25.3 Å². The third-order valence-electron chi connectivity index (χ3n) is 4.29. The van der Waals surface area contributed by atoms with Crippen molar-refractivity contribution in [3.63, 3.8) is 0 Å². The van der Waals surface area contributed by atoms with E-state index in [1.165, 1.54) is 18.7 Å². The number of methoxy groups -OCH3 is 1. The van der Waals surface area contributed by atoms with Crippen molar-refractivity contribution in [2.45, 2.75) is 12.5 Å². The Bertz CT molecular complexity index is 705. The Balaban J connectivity index is 1.68. The minimum Gasteiger partial charge on any atom is -0.490 e. The van der Waals surface area contributed by atoms with E-state index in [0.29, 0.717) is 5.92 Å². The van der Waals surface area contributed by atoms with Crippen LogP contribution in [0.4, 0.5) is 11.4 Å². The molecule has 126 valence electrons. The first kappa shape index (κ1) is 16.3. The van der Waals surface area contributed by atoms with E-state index < -0.39 is 4.92 Å². The first-order chi connectivity index (χ1) is 11.7. The number of anilines is 1. The van der Waals surface area contributed by atoms with Crippen molar-refractivity contribution in [3.8, 4) is 5.75 Å². The molecule has 3 rings (SSSR count). The van der Waals surface area contributed by atoms with Crippen LogP contribution in [0.5, 0.6) is 5.75 Å². The van der Waals surface area contributed by atoms with Gasteiger partial charge in [-0.25, -0.2) is 0 Å². The predicted octanol–water partition coefficient (Wildman–Crippen LogP) is 3.79. The zero-order valence-electron chi connectivity index (χ0n) is 13.5. The molecule has 2 aromatic carbocycles. The van der Waals surface area contributed by atoms with E-state index >= 15 is 0 Å². The summed E-state index contributed by atoms with van der Waals surface area (Å²) >= 11 is 0. The standard InChI is InChI=1S/C18H20N2O4/c1-23-17-11-15(7-8-16(17)20(21)22)19-12-14-9-10-24-18(14)13-5-3-2-4-6-13/h2-8,11,14,18-19H,9-10,12H2,1H3. The number of nitrogens with one attached hydrogen (secondary N) is 1. The SMILES string of the molecule is COc1cc(NCC2CCOC2c2ccccc2)ccc1[N+](=O)[O-]. The summed E-state index contributed by atoms with van der Waals surface area (Å²) in [5.74, 6) is 0.612. The van der Waals surface area contributed by atoms with Crippen LogP contribution in [0.1, 0.15) is 18.1 Å². The van der Waals surface area contributed by atoms with Crippen molar-refractivity contribution in [1.82, 2.24) is 0 Å². The fraction of sp³-hybridized carbons (Fsp3) is 0.333. The maximum absolute atomic E-state index is 10.9. The van der Waals surface area contributed by atoms with E-state index in [4.69, 9.17) is 9.47 Å². The van der Waals surface area contributed by atoms with Crippen LogP contribution < -0.4 is 10.1 Å². The van der Waals surface area contributed by atoms with Crippen LogP contribution in [0.3, 0.4) is 0 Å². The Kier molecular flexibility index (Phi) is 4.96. The molecular formula is C18H20N2O4. The third kappa shape index (κ3) is 3.49. The molecule has 1 heterocycles. The van der Waals surface area contributed by atoms with Crippen LogP contribution in [0.15, 0.2) is 48.5 Å². The zero-order valence-corrected chi connectivity index (χ0v) is 13.5. The molecule has 24 heavy (non-hydrogen) atoms. The molecule has 0 amide bonds. The quantitative estimate of drug-likeness (QED) is 0.645. The Hall–Kier alpha value is -2.60. The second-order valence-electron chi connectivity index (χ2n) is 5.78.